The lowest BCUT2D eigenvalue weighted by Crippen LogP contribution is -2.46. The lowest BCUT2D eigenvalue weighted by Gasteiger charge is -2.27. The molecule has 0 heterocycles. The minimum atomic E-state index is -0.631. The minimum Gasteiger partial charge on any atom is -0.493 e. The van der Waals surface area contributed by atoms with Crippen molar-refractivity contribution in [1.29, 1.82) is 0 Å². The Morgan fingerprint density at radius 1 is 1.29 bits per heavy atom. The van der Waals surface area contributed by atoms with Gasteiger partial charge in [-0.3, -0.25) is 4.79 Å². The topological polar surface area (TPSA) is 73.6 Å². The highest BCUT2D eigenvalue weighted by atomic mass is 16.5. The van der Waals surface area contributed by atoms with E-state index in [-0.39, 0.29) is 11.3 Å². The van der Waals surface area contributed by atoms with Gasteiger partial charge in [-0.1, -0.05) is 19.9 Å². The molecule has 5 nitrogen and oxygen atoms in total. The summed E-state index contributed by atoms with van der Waals surface area (Å²) in [7, 11) is 3.22. The molecule has 5 heteroatoms. The Balaban J connectivity index is 2.09. The van der Waals surface area contributed by atoms with Crippen LogP contribution in [0.3, 0.4) is 0 Å². The highest BCUT2D eigenvalue weighted by Crippen LogP contribution is 2.34. The van der Waals surface area contributed by atoms with Crippen molar-refractivity contribution in [2.75, 3.05) is 20.8 Å². The van der Waals surface area contributed by atoms with Crippen molar-refractivity contribution in [3.8, 4) is 11.5 Å². The average molecular weight is 292 g/mol. The van der Waals surface area contributed by atoms with E-state index in [9.17, 15) is 4.79 Å². The number of amides is 1. The SMILES string of the molecule is COc1ccc(C(C)(C)CNC(=O)C2(N)CC2)cc1OC. The van der Waals surface area contributed by atoms with E-state index in [0.29, 0.717) is 18.0 Å². The molecule has 1 saturated carbocycles. The van der Waals surface area contributed by atoms with Crippen molar-refractivity contribution in [3.05, 3.63) is 23.8 Å². The summed E-state index contributed by atoms with van der Waals surface area (Å²) in [6.07, 6.45) is 1.55. The molecular formula is C16H24N2O3. The van der Waals surface area contributed by atoms with E-state index in [2.05, 4.69) is 19.2 Å². The first-order valence-corrected chi connectivity index (χ1v) is 7.12. The van der Waals surface area contributed by atoms with Gasteiger partial charge in [0.15, 0.2) is 11.5 Å². The molecule has 1 amide bonds. The Morgan fingerprint density at radius 3 is 2.43 bits per heavy atom. The van der Waals surface area contributed by atoms with Crippen LogP contribution < -0.4 is 20.5 Å². The van der Waals surface area contributed by atoms with Gasteiger partial charge in [0, 0.05) is 12.0 Å². The standard InChI is InChI=1S/C16H24N2O3/c1-15(2,10-18-14(19)16(17)7-8-16)11-5-6-12(20-3)13(9-11)21-4/h5-6,9H,7-8,10,17H2,1-4H3,(H,18,19). The van der Waals surface area contributed by atoms with Crippen LogP contribution in [-0.4, -0.2) is 32.2 Å². The Morgan fingerprint density at radius 2 is 1.90 bits per heavy atom. The molecule has 0 unspecified atom stereocenters. The van der Waals surface area contributed by atoms with Gasteiger partial charge in [-0.05, 0) is 30.5 Å². The van der Waals surface area contributed by atoms with E-state index in [0.717, 1.165) is 18.4 Å². The molecule has 21 heavy (non-hydrogen) atoms. The number of carbonyl (C=O) groups is 1. The van der Waals surface area contributed by atoms with E-state index in [1.54, 1.807) is 14.2 Å². The summed E-state index contributed by atoms with van der Waals surface area (Å²) in [6, 6.07) is 5.81. The van der Waals surface area contributed by atoms with E-state index < -0.39 is 5.54 Å². The second-order valence-electron chi connectivity index (χ2n) is 6.29. The number of carbonyl (C=O) groups excluding carboxylic acids is 1. The van der Waals surface area contributed by atoms with Gasteiger partial charge >= 0.3 is 0 Å². The van der Waals surface area contributed by atoms with Crippen molar-refractivity contribution < 1.29 is 14.3 Å². The zero-order valence-electron chi connectivity index (χ0n) is 13.2. The second kappa shape index (κ2) is 5.56. The van der Waals surface area contributed by atoms with E-state index in [4.69, 9.17) is 15.2 Å². The summed E-state index contributed by atoms with van der Waals surface area (Å²) in [4.78, 5) is 11.9. The van der Waals surface area contributed by atoms with Crippen LogP contribution in [0.15, 0.2) is 18.2 Å². The maximum atomic E-state index is 11.9. The Bertz CT molecular complexity index is 536. The van der Waals surface area contributed by atoms with Crippen molar-refractivity contribution >= 4 is 5.91 Å². The van der Waals surface area contributed by atoms with Crippen LogP contribution in [0.2, 0.25) is 0 Å². The molecule has 0 radical (unpaired) electrons. The highest BCUT2D eigenvalue weighted by Gasteiger charge is 2.46. The van der Waals surface area contributed by atoms with Crippen LogP contribution in [0.4, 0.5) is 0 Å². The molecule has 1 aromatic carbocycles. The Kier molecular flexibility index (Phi) is 4.14. The molecule has 116 valence electrons. The molecule has 0 aromatic heterocycles. The highest BCUT2D eigenvalue weighted by molar-refractivity contribution is 5.89. The number of nitrogens with one attached hydrogen (secondary N) is 1. The van der Waals surface area contributed by atoms with Gasteiger partial charge in [0.05, 0.1) is 19.8 Å². The summed E-state index contributed by atoms with van der Waals surface area (Å²) >= 11 is 0. The van der Waals surface area contributed by atoms with Crippen LogP contribution in [0.5, 0.6) is 11.5 Å². The molecular weight excluding hydrogens is 268 g/mol. The first kappa shape index (κ1) is 15.6. The van der Waals surface area contributed by atoms with Crippen molar-refractivity contribution in [2.45, 2.75) is 37.6 Å². The minimum absolute atomic E-state index is 0.0592. The van der Waals surface area contributed by atoms with E-state index in [1.807, 2.05) is 18.2 Å². The fourth-order valence-electron chi connectivity index (χ4n) is 2.20. The number of nitrogens with two attached hydrogens (primary N) is 1. The van der Waals surface area contributed by atoms with E-state index >= 15 is 0 Å². The number of hydrogen-bond acceptors (Lipinski definition) is 4. The van der Waals surface area contributed by atoms with Gasteiger partial charge in [-0.15, -0.1) is 0 Å². The molecule has 1 aliphatic rings. The fraction of sp³-hybridized carbons (Fsp3) is 0.562. The molecule has 2 rings (SSSR count). The zero-order valence-corrected chi connectivity index (χ0v) is 13.2. The van der Waals surface area contributed by atoms with Gasteiger partial charge in [0.2, 0.25) is 5.91 Å². The quantitative estimate of drug-likeness (QED) is 0.835. The first-order valence-electron chi connectivity index (χ1n) is 7.12. The molecule has 0 bridgehead atoms. The van der Waals surface area contributed by atoms with Crippen LogP contribution in [0.25, 0.3) is 0 Å². The Hall–Kier alpha value is -1.75. The summed E-state index contributed by atoms with van der Waals surface area (Å²) < 4.78 is 10.6. The molecule has 1 aliphatic carbocycles. The smallest absolute Gasteiger partial charge is 0.240 e. The normalized spacial score (nSPS) is 16.2. The molecule has 1 aromatic rings. The van der Waals surface area contributed by atoms with Crippen LogP contribution in [0.1, 0.15) is 32.3 Å². The summed E-state index contributed by atoms with van der Waals surface area (Å²) in [5.74, 6) is 1.32. The molecule has 0 spiro atoms. The lowest BCUT2D eigenvalue weighted by molar-refractivity contribution is -0.123. The molecule has 0 atom stereocenters. The predicted molar refractivity (Wildman–Crippen MR) is 81.7 cm³/mol. The lowest BCUT2D eigenvalue weighted by atomic mass is 9.84. The third-order valence-electron chi connectivity index (χ3n) is 4.10. The second-order valence-corrected chi connectivity index (χ2v) is 6.29. The summed E-state index contributed by atoms with van der Waals surface area (Å²) in [6.45, 7) is 4.68. The van der Waals surface area contributed by atoms with Crippen LogP contribution >= 0.6 is 0 Å². The average Bonchev–Trinajstić information content (AvgIpc) is 3.23. The predicted octanol–water partition coefficient (Wildman–Crippen LogP) is 1.59. The number of hydrogen-bond donors (Lipinski definition) is 2. The maximum absolute atomic E-state index is 11.9. The van der Waals surface area contributed by atoms with Gasteiger partial charge in [-0.25, -0.2) is 0 Å². The third kappa shape index (κ3) is 3.29. The van der Waals surface area contributed by atoms with Crippen molar-refractivity contribution in [1.82, 2.24) is 5.32 Å². The summed E-state index contributed by atoms with van der Waals surface area (Å²) in [5, 5.41) is 2.95. The number of ether oxygens (including phenoxy) is 2. The monoisotopic (exact) mass is 292 g/mol. The van der Waals surface area contributed by atoms with Gasteiger partial charge in [0.1, 0.15) is 0 Å². The number of methoxy groups -OCH3 is 2. The van der Waals surface area contributed by atoms with Gasteiger partial charge in [0.25, 0.3) is 0 Å². The van der Waals surface area contributed by atoms with Gasteiger partial charge in [-0.2, -0.15) is 0 Å². The fourth-order valence-corrected chi connectivity index (χ4v) is 2.20. The summed E-state index contributed by atoms with van der Waals surface area (Å²) in [5.41, 5.74) is 6.11. The first-order chi connectivity index (χ1) is 9.82. The number of rotatable bonds is 6. The van der Waals surface area contributed by atoms with E-state index in [1.165, 1.54) is 0 Å². The van der Waals surface area contributed by atoms with Crippen molar-refractivity contribution in [2.24, 2.45) is 5.73 Å². The third-order valence-corrected chi connectivity index (χ3v) is 4.10. The zero-order chi connectivity index (χ0) is 15.7. The Labute approximate surface area is 125 Å². The molecule has 0 saturated heterocycles. The molecule has 1 fully saturated rings. The van der Waals surface area contributed by atoms with Gasteiger partial charge < -0.3 is 20.5 Å². The number of benzene rings is 1. The van der Waals surface area contributed by atoms with Crippen LogP contribution in [0, 0.1) is 0 Å². The molecule has 3 N–H and O–H groups in total. The van der Waals surface area contributed by atoms with Crippen molar-refractivity contribution in [3.63, 3.8) is 0 Å². The largest absolute Gasteiger partial charge is 0.493 e. The maximum Gasteiger partial charge on any atom is 0.240 e. The molecule has 0 aliphatic heterocycles. The van der Waals surface area contributed by atoms with Crippen LogP contribution in [-0.2, 0) is 10.2 Å².